The van der Waals surface area contributed by atoms with Crippen LogP contribution in [-0.2, 0) is 19.1 Å². The first-order chi connectivity index (χ1) is 28.9. The number of amides is 5. The largest absolute Gasteiger partial charge is 0.449 e. The predicted octanol–water partition coefficient (Wildman–Crippen LogP) is 7.49. The lowest BCUT2D eigenvalue weighted by Gasteiger charge is -2.36. The number of carbonyl (C=O) groups is 4. The smallest absolute Gasteiger partial charge is 0.407 e. The molecule has 0 aromatic heterocycles. The van der Waals surface area contributed by atoms with E-state index >= 15 is 0 Å². The lowest BCUT2D eigenvalue weighted by atomic mass is 9.84. The molecular formula is C47H47N5O5S2. The number of unbranched alkanes of at least 4 members (excludes halogenated alkanes) is 1. The Labute approximate surface area is 353 Å². The van der Waals surface area contributed by atoms with Crippen molar-refractivity contribution < 1.29 is 23.9 Å². The molecule has 2 aliphatic heterocycles. The normalized spacial score (nSPS) is 18.4. The standard InChI is InChI=1S/C47H47N5O5S2/c53-42(27-15-14-26-41-43-39(29-58-41)48-45(55)50-43)51-52-44(54)40(49-46(56)57-28-38-36-24-12-10-22-34(36)35-23-11-13-25-37(35)38)30-59-47(31-16-4-1-5-17-31,32-18-6-2-7-19-32)33-20-8-3-9-21-33/h1-13,16-25,38-41,43H,14-15,26-30H2,(H,49,56)(H,51,53)(H,52,54)(H2,48,50,55)/t39-,40-,41-,43-/m0/s1. The van der Waals surface area contributed by atoms with Crippen molar-refractivity contribution in [2.45, 2.75) is 59.7 Å². The molecule has 5 aromatic carbocycles. The van der Waals surface area contributed by atoms with Gasteiger partial charge in [0.25, 0.3) is 5.91 Å². The van der Waals surface area contributed by atoms with Crippen molar-refractivity contribution in [1.82, 2.24) is 26.8 Å². The van der Waals surface area contributed by atoms with Gasteiger partial charge in [0.05, 0.1) is 16.8 Å². The van der Waals surface area contributed by atoms with Crippen LogP contribution in [0.3, 0.4) is 0 Å². The number of hydrogen-bond donors (Lipinski definition) is 5. The molecule has 8 rings (SSSR count). The molecule has 2 saturated heterocycles. The van der Waals surface area contributed by atoms with Crippen LogP contribution in [0.25, 0.3) is 11.1 Å². The summed E-state index contributed by atoms with van der Waals surface area (Å²) in [7, 11) is 0. The van der Waals surface area contributed by atoms with Crippen LogP contribution < -0.4 is 26.8 Å². The van der Waals surface area contributed by atoms with Crippen LogP contribution in [0, 0.1) is 0 Å². The Morgan fingerprint density at radius 1 is 0.729 bits per heavy atom. The second-order valence-electron chi connectivity index (χ2n) is 15.0. The molecule has 5 amide bonds. The summed E-state index contributed by atoms with van der Waals surface area (Å²) in [5, 5.41) is 9.14. The van der Waals surface area contributed by atoms with Gasteiger partial charge in [0.1, 0.15) is 12.6 Å². The molecule has 302 valence electrons. The molecule has 59 heavy (non-hydrogen) atoms. The quantitative estimate of drug-likeness (QED) is 0.0319. The summed E-state index contributed by atoms with van der Waals surface area (Å²) in [6.07, 6.45) is 1.80. The molecule has 2 heterocycles. The first-order valence-corrected chi connectivity index (χ1v) is 22.1. The third-order valence-corrected chi connectivity index (χ3v) is 14.5. The van der Waals surface area contributed by atoms with E-state index in [1.807, 2.05) is 90.6 Å². The molecule has 0 saturated carbocycles. The molecule has 0 spiro atoms. The van der Waals surface area contributed by atoms with Crippen LogP contribution in [-0.4, -0.2) is 65.4 Å². The number of thioether (sulfide) groups is 2. The molecule has 10 nitrogen and oxygen atoms in total. The molecule has 0 bridgehead atoms. The van der Waals surface area contributed by atoms with Crippen LogP contribution >= 0.6 is 23.5 Å². The first-order valence-electron chi connectivity index (χ1n) is 20.1. The van der Waals surface area contributed by atoms with E-state index in [1.54, 1.807) is 0 Å². The van der Waals surface area contributed by atoms with E-state index in [-0.39, 0.29) is 48.7 Å². The van der Waals surface area contributed by atoms with E-state index in [1.165, 1.54) is 11.8 Å². The summed E-state index contributed by atoms with van der Waals surface area (Å²) in [5.41, 5.74) is 12.6. The van der Waals surface area contributed by atoms with Gasteiger partial charge in [-0.05, 0) is 51.8 Å². The fourth-order valence-electron chi connectivity index (χ4n) is 8.50. The van der Waals surface area contributed by atoms with Gasteiger partial charge in [-0.15, -0.1) is 11.8 Å². The van der Waals surface area contributed by atoms with E-state index < -0.39 is 22.8 Å². The zero-order valence-corrected chi connectivity index (χ0v) is 34.1. The maximum atomic E-state index is 14.1. The Bertz CT molecular complexity index is 2120. The fraction of sp³-hybridized carbons (Fsp3) is 0.277. The molecule has 4 atom stereocenters. The number of benzene rings is 5. The summed E-state index contributed by atoms with van der Waals surface area (Å²) in [6.45, 7) is 0.0870. The minimum Gasteiger partial charge on any atom is -0.449 e. The van der Waals surface area contributed by atoms with Gasteiger partial charge in [0.2, 0.25) is 5.91 Å². The summed E-state index contributed by atoms with van der Waals surface area (Å²) < 4.78 is 5.16. The van der Waals surface area contributed by atoms with Crippen molar-refractivity contribution in [3.8, 4) is 11.1 Å². The molecule has 0 radical (unpaired) electrons. The Hall–Kier alpha value is -5.72. The molecular weight excluding hydrogens is 779 g/mol. The van der Waals surface area contributed by atoms with E-state index in [9.17, 15) is 19.2 Å². The molecule has 0 unspecified atom stereocenters. The zero-order valence-electron chi connectivity index (χ0n) is 32.5. The number of nitrogens with one attached hydrogen (secondary N) is 5. The predicted molar refractivity (Wildman–Crippen MR) is 234 cm³/mol. The van der Waals surface area contributed by atoms with E-state index in [0.29, 0.717) is 11.7 Å². The van der Waals surface area contributed by atoms with Crippen molar-refractivity contribution in [2.24, 2.45) is 0 Å². The molecule has 12 heteroatoms. The molecule has 1 aliphatic carbocycles. The third-order valence-electron chi connectivity index (χ3n) is 11.4. The number of carbonyl (C=O) groups excluding carboxylic acids is 4. The Balaban J connectivity index is 0.973. The highest BCUT2D eigenvalue weighted by molar-refractivity contribution is 8.00. The maximum Gasteiger partial charge on any atom is 0.407 e. The molecule has 5 aromatic rings. The first kappa shape index (κ1) is 40.1. The second-order valence-corrected chi connectivity index (χ2v) is 17.5. The summed E-state index contributed by atoms with van der Waals surface area (Å²) >= 11 is 3.37. The lowest BCUT2D eigenvalue weighted by molar-refractivity contribution is -0.129. The highest BCUT2D eigenvalue weighted by Gasteiger charge is 2.43. The van der Waals surface area contributed by atoms with Gasteiger partial charge in [-0.3, -0.25) is 20.4 Å². The van der Waals surface area contributed by atoms with Crippen LogP contribution in [0.1, 0.15) is 59.4 Å². The minimum absolute atomic E-state index is 0.0870. The average molecular weight is 826 g/mol. The van der Waals surface area contributed by atoms with Crippen molar-refractivity contribution in [3.05, 3.63) is 167 Å². The Morgan fingerprint density at radius 3 is 1.88 bits per heavy atom. The van der Waals surface area contributed by atoms with Crippen LogP contribution in [0.15, 0.2) is 140 Å². The highest BCUT2D eigenvalue weighted by Crippen LogP contribution is 2.49. The van der Waals surface area contributed by atoms with Gasteiger partial charge in [-0.25, -0.2) is 9.59 Å². The van der Waals surface area contributed by atoms with Gasteiger partial charge in [0, 0.05) is 29.1 Å². The van der Waals surface area contributed by atoms with Crippen LogP contribution in [0.4, 0.5) is 9.59 Å². The number of hydrogen-bond acceptors (Lipinski definition) is 7. The number of hydrazine groups is 1. The summed E-state index contributed by atoms with van der Waals surface area (Å²) in [4.78, 5) is 52.6. The molecule has 5 N–H and O–H groups in total. The van der Waals surface area contributed by atoms with Crippen LogP contribution in [0.5, 0.6) is 0 Å². The lowest BCUT2D eigenvalue weighted by Crippen LogP contribution is -2.54. The fourth-order valence-corrected chi connectivity index (χ4v) is 11.6. The number of ether oxygens (including phenoxy) is 1. The second kappa shape index (κ2) is 18.5. The van der Waals surface area contributed by atoms with Crippen molar-refractivity contribution in [3.63, 3.8) is 0 Å². The van der Waals surface area contributed by atoms with Gasteiger partial charge in [0.15, 0.2) is 0 Å². The van der Waals surface area contributed by atoms with Gasteiger partial charge >= 0.3 is 12.1 Å². The van der Waals surface area contributed by atoms with Crippen molar-refractivity contribution in [1.29, 1.82) is 0 Å². The van der Waals surface area contributed by atoms with Crippen molar-refractivity contribution in [2.75, 3.05) is 18.1 Å². The highest BCUT2D eigenvalue weighted by atomic mass is 32.2. The SMILES string of the molecule is O=C(CCCC[C@@H]1SC[C@@H]2NC(=O)N[C@@H]21)NNC(=O)[C@H](CSC(c1ccccc1)(c1ccccc1)c1ccccc1)NC(=O)OCC1c2ccccc2-c2ccccc21. The van der Waals surface area contributed by atoms with E-state index in [4.69, 9.17) is 4.74 Å². The summed E-state index contributed by atoms with van der Waals surface area (Å²) in [6, 6.07) is 45.7. The van der Waals surface area contributed by atoms with Gasteiger partial charge in [-0.2, -0.15) is 11.8 Å². The molecule has 3 aliphatic rings. The third kappa shape index (κ3) is 8.84. The number of fused-ring (bicyclic) bond motifs is 4. The topological polar surface area (TPSA) is 138 Å². The number of alkyl carbamates (subject to hydrolysis) is 1. The van der Waals surface area contributed by atoms with Crippen LogP contribution in [0.2, 0.25) is 0 Å². The van der Waals surface area contributed by atoms with Crippen molar-refractivity contribution >= 4 is 47.5 Å². The monoisotopic (exact) mass is 825 g/mol. The Morgan fingerprint density at radius 2 is 1.29 bits per heavy atom. The number of urea groups is 1. The molecule has 2 fully saturated rings. The maximum absolute atomic E-state index is 14.1. The Kier molecular flexibility index (Phi) is 12.5. The van der Waals surface area contributed by atoms with Gasteiger partial charge in [-0.1, -0.05) is 146 Å². The zero-order chi connectivity index (χ0) is 40.6. The van der Waals surface area contributed by atoms with E-state index in [2.05, 4.69) is 87.5 Å². The summed E-state index contributed by atoms with van der Waals surface area (Å²) in [5.74, 6) is -0.0331. The minimum atomic E-state index is -1.09. The van der Waals surface area contributed by atoms with E-state index in [0.717, 1.165) is 57.5 Å². The average Bonchev–Trinajstić information content (AvgIpc) is 3.94. The van der Waals surface area contributed by atoms with Gasteiger partial charge < -0.3 is 20.7 Å². The number of rotatable bonds is 15.